The molecule has 1 saturated carbocycles. The number of rotatable bonds is 5. The summed E-state index contributed by atoms with van der Waals surface area (Å²) in [5, 5.41) is 12.9. The van der Waals surface area contributed by atoms with Crippen molar-refractivity contribution < 1.29 is 23.5 Å². The second-order valence-corrected chi connectivity index (χ2v) is 11.2. The van der Waals surface area contributed by atoms with E-state index in [9.17, 15) is 9.67 Å². The molecule has 0 bridgehead atoms. The van der Waals surface area contributed by atoms with Gasteiger partial charge < -0.3 is 24.2 Å². The zero-order valence-corrected chi connectivity index (χ0v) is 20.3. The second kappa shape index (κ2) is 8.69. The topological polar surface area (TPSA) is 89.9 Å². The van der Waals surface area contributed by atoms with Gasteiger partial charge in [0.15, 0.2) is 11.5 Å². The maximum Gasteiger partial charge on any atom is 0.343 e. The number of benzene rings is 1. The molecule has 4 rings (SSSR count). The number of ether oxygens (including phenoxy) is 1. The molecule has 1 aromatic heterocycles. The van der Waals surface area contributed by atoms with Crippen LogP contribution in [0.4, 0.5) is 5.69 Å². The maximum absolute atomic E-state index is 14.5. The molecule has 1 aromatic carbocycles. The monoisotopic (exact) mass is 460 g/mol. The van der Waals surface area contributed by atoms with E-state index in [0.717, 1.165) is 41.9 Å². The molecule has 2 aromatic rings. The molecule has 2 N–H and O–H groups in total. The normalized spacial score (nSPS) is 32.6. The average Bonchev–Trinajstić information content (AvgIpc) is 3.03. The van der Waals surface area contributed by atoms with E-state index in [1.165, 1.54) is 7.11 Å². The molecule has 1 aliphatic carbocycles. The van der Waals surface area contributed by atoms with Crippen LogP contribution in [0.15, 0.2) is 30.3 Å². The molecular weight excluding hydrogens is 427 g/mol. The number of phenolic OH excluding ortho intramolecular Hbond substituents is 1. The molecule has 2 fully saturated rings. The van der Waals surface area contributed by atoms with Gasteiger partial charge in [0.25, 0.3) is 0 Å². The lowest BCUT2D eigenvalue weighted by Crippen LogP contribution is -2.47. The number of hydrogen-bond donors (Lipinski definition) is 2. The van der Waals surface area contributed by atoms with Crippen LogP contribution < -0.4 is 10.1 Å². The first kappa shape index (κ1) is 23.1. The molecule has 8 heteroatoms. The van der Waals surface area contributed by atoms with E-state index in [1.807, 2.05) is 45.9 Å². The van der Waals surface area contributed by atoms with Gasteiger partial charge in [0.1, 0.15) is 5.16 Å². The van der Waals surface area contributed by atoms with Gasteiger partial charge >= 0.3 is 7.60 Å². The number of methoxy groups -OCH3 is 1. The van der Waals surface area contributed by atoms with Crippen molar-refractivity contribution in [1.29, 1.82) is 0 Å². The highest BCUT2D eigenvalue weighted by molar-refractivity contribution is 7.55. The minimum Gasteiger partial charge on any atom is -0.504 e. The summed E-state index contributed by atoms with van der Waals surface area (Å²) in [7, 11) is -2.08. The van der Waals surface area contributed by atoms with Gasteiger partial charge in [0, 0.05) is 11.7 Å². The van der Waals surface area contributed by atoms with E-state index in [2.05, 4.69) is 10.3 Å². The smallest absolute Gasteiger partial charge is 0.343 e. The summed E-state index contributed by atoms with van der Waals surface area (Å²) in [6.07, 6.45) is 2.78. The standard InChI is InChI=1S/C24H33N2O5P/c1-15-9-11-20(16(2)25-15)26-23-8-6-7-13-24(23,32(28)30-17(3)18(4)31-32)19-10-12-21(27)22(14-19)29-5/h9-12,14,17-18,23,26-27H,6-8,13H2,1-5H3/t17-,18+,23?,24?,32?. The van der Waals surface area contributed by atoms with Crippen LogP contribution in [-0.2, 0) is 18.8 Å². The predicted molar refractivity (Wildman–Crippen MR) is 125 cm³/mol. The van der Waals surface area contributed by atoms with Crippen LogP contribution in [0.25, 0.3) is 0 Å². The summed E-state index contributed by atoms with van der Waals surface area (Å²) in [6.45, 7) is 7.73. The highest BCUT2D eigenvalue weighted by Crippen LogP contribution is 2.74. The third-order valence-electron chi connectivity index (χ3n) is 6.87. The summed E-state index contributed by atoms with van der Waals surface area (Å²) < 4.78 is 32.2. The van der Waals surface area contributed by atoms with Gasteiger partial charge in [0.2, 0.25) is 0 Å². The summed E-state index contributed by atoms with van der Waals surface area (Å²) in [5.74, 6) is 0.379. The number of hydrogen-bond acceptors (Lipinski definition) is 7. The zero-order valence-electron chi connectivity index (χ0n) is 19.4. The molecule has 174 valence electrons. The van der Waals surface area contributed by atoms with Crippen molar-refractivity contribution >= 4 is 13.3 Å². The number of nitrogens with one attached hydrogen (secondary N) is 1. The Morgan fingerprint density at radius 3 is 2.53 bits per heavy atom. The largest absolute Gasteiger partial charge is 0.504 e. The molecular formula is C24H33N2O5P. The van der Waals surface area contributed by atoms with E-state index in [4.69, 9.17) is 13.8 Å². The fourth-order valence-corrected chi connectivity index (χ4v) is 8.08. The molecule has 5 atom stereocenters. The predicted octanol–water partition coefficient (Wildman–Crippen LogP) is 5.68. The third-order valence-corrected chi connectivity index (χ3v) is 9.86. The summed E-state index contributed by atoms with van der Waals surface area (Å²) in [6, 6.07) is 8.96. The van der Waals surface area contributed by atoms with E-state index in [1.54, 1.807) is 12.1 Å². The Labute approximate surface area is 190 Å². The van der Waals surface area contributed by atoms with E-state index in [0.29, 0.717) is 12.2 Å². The number of pyridine rings is 1. The number of nitrogens with zero attached hydrogens (tertiary/aromatic N) is 1. The molecule has 1 saturated heterocycles. The van der Waals surface area contributed by atoms with Gasteiger partial charge in [-0.2, -0.15) is 0 Å². The number of anilines is 1. The van der Waals surface area contributed by atoms with Gasteiger partial charge in [-0.25, -0.2) is 0 Å². The Hall–Kier alpha value is -2.08. The lowest BCUT2D eigenvalue weighted by molar-refractivity contribution is 0.187. The quantitative estimate of drug-likeness (QED) is 0.555. The maximum atomic E-state index is 14.5. The first-order valence-corrected chi connectivity index (χ1v) is 12.8. The van der Waals surface area contributed by atoms with Crippen LogP contribution in [0.5, 0.6) is 11.5 Å². The first-order chi connectivity index (χ1) is 15.2. The van der Waals surface area contributed by atoms with E-state index < -0.39 is 12.8 Å². The van der Waals surface area contributed by atoms with Crippen molar-refractivity contribution in [2.24, 2.45) is 0 Å². The SMILES string of the molecule is COc1cc(C2(P3(=O)O[C@@H](C)[C@@H](C)O3)CCCCC2Nc2ccc(C)nc2C)ccc1O. The molecule has 7 nitrogen and oxygen atoms in total. The van der Waals surface area contributed by atoms with Crippen LogP contribution in [0.2, 0.25) is 0 Å². The van der Waals surface area contributed by atoms with E-state index >= 15 is 0 Å². The van der Waals surface area contributed by atoms with Gasteiger partial charge in [-0.3, -0.25) is 9.55 Å². The van der Waals surface area contributed by atoms with Crippen LogP contribution in [0, 0.1) is 13.8 Å². The zero-order chi connectivity index (χ0) is 23.1. The van der Waals surface area contributed by atoms with Crippen molar-refractivity contribution in [3.05, 3.63) is 47.3 Å². The fourth-order valence-electron chi connectivity index (χ4n) is 4.97. The average molecular weight is 461 g/mol. The van der Waals surface area contributed by atoms with Crippen molar-refractivity contribution in [1.82, 2.24) is 4.98 Å². The fraction of sp³-hybridized carbons (Fsp3) is 0.542. The minimum atomic E-state index is -3.59. The van der Waals surface area contributed by atoms with E-state index in [-0.39, 0.29) is 24.0 Å². The Balaban J connectivity index is 1.87. The van der Waals surface area contributed by atoms with Crippen molar-refractivity contribution in [3.63, 3.8) is 0 Å². The molecule has 3 unspecified atom stereocenters. The molecule has 1 aliphatic heterocycles. The second-order valence-electron chi connectivity index (χ2n) is 8.96. The Morgan fingerprint density at radius 1 is 1.16 bits per heavy atom. The highest BCUT2D eigenvalue weighted by Gasteiger charge is 2.62. The van der Waals surface area contributed by atoms with Crippen molar-refractivity contribution in [2.75, 3.05) is 12.4 Å². The Morgan fingerprint density at radius 2 is 1.88 bits per heavy atom. The van der Waals surface area contributed by atoms with Crippen LogP contribution >= 0.6 is 7.60 Å². The van der Waals surface area contributed by atoms with Crippen molar-refractivity contribution in [2.45, 2.75) is 76.8 Å². The molecule has 2 aliphatic rings. The summed E-state index contributed by atoms with van der Waals surface area (Å²) in [5.41, 5.74) is 3.53. The minimum absolute atomic E-state index is 0.0403. The Bertz CT molecular complexity index is 1030. The van der Waals surface area contributed by atoms with Crippen molar-refractivity contribution in [3.8, 4) is 11.5 Å². The molecule has 0 amide bonds. The van der Waals surface area contributed by atoms with Crippen LogP contribution in [0.3, 0.4) is 0 Å². The molecule has 0 spiro atoms. The molecule has 0 radical (unpaired) electrons. The summed E-state index contributed by atoms with van der Waals surface area (Å²) >= 11 is 0. The molecule has 2 heterocycles. The highest BCUT2D eigenvalue weighted by atomic mass is 31.2. The first-order valence-electron chi connectivity index (χ1n) is 11.3. The number of aromatic nitrogens is 1. The Kier molecular flexibility index (Phi) is 6.27. The third kappa shape index (κ3) is 3.81. The van der Waals surface area contributed by atoms with Gasteiger partial charge in [-0.1, -0.05) is 18.9 Å². The molecule has 32 heavy (non-hydrogen) atoms. The number of phenols is 1. The van der Waals surface area contributed by atoms with Gasteiger partial charge in [0.05, 0.1) is 30.7 Å². The van der Waals surface area contributed by atoms with Gasteiger partial charge in [-0.05, 0) is 70.4 Å². The lowest BCUT2D eigenvalue weighted by atomic mass is 9.78. The lowest BCUT2D eigenvalue weighted by Gasteiger charge is -2.46. The number of aromatic hydroxyl groups is 1. The van der Waals surface area contributed by atoms with Crippen LogP contribution in [0.1, 0.15) is 56.5 Å². The summed E-state index contributed by atoms with van der Waals surface area (Å²) in [4.78, 5) is 4.59. The van der Waals surface area contributed by atoms with Gasteiger partial charge in [-0.15, -0.1) is 0 Å². The van der Waals surface area contributed by atoms with Crippen LogP contribution in [-0.4, -0.2) is 35.5 Å². The number of aryl methyl sites for hydroxylation is 2.